The number of phenols is 1. The van der Waals surface area contributed by atoms with Crippen LogP contribution in [0, 0.1) is 0 Å². The van der Waals surface area contributed by atoms with E-state index in [1.54, 1.807) is 13.0 Å². The fourth-order valence-corrected chi connectivity index (χ4v) is 1.28. The lowest BCUT2D eigenvalue weighted by Crippen LogP contribution is -2.18. The molecule has 0 spiro atoms. The van der Waals surface area contributed by atoms with Gasteiger partial charge in [-0.05, 0) is 12.1 Å². The highest BCUT2D eigenvalue weighted by Gasteiger charge is 2.16. The van der Waals surface area contributed by atoms with E-state index in [2.05, 4.69) is 5.32 Å². The van der Waals surface area contributed by atoms with Crippen LogP contribution >= 0.6 is 0 Å². The number of aromatic hydroxyl groups is 1. The summed E-state index contributed by atoms with van der Waals surface area (Å²) in [5.74, 6) is -0.833. The number of hydrogen-bond donors (Lipinski definition) is 2. The Morgan fingerprint density at radius 1 is 1.33 bits per heavy atom. The number of rotatable bonds is 3. The Bertz CT molecular complexity index is 365. The maximum Gasteiger partial charge on any atom is 0.254 e. The zero-order valence-corrected chi connectivity index (χ0v) is 8.70. The number of hydrogen-bond acceptors (Lipinski definition) is 3. The fraction of sp³-hybridized carbons (Fsp3) is 0.273. The zero-order valence-electron chi connectivity index (χ0n) is 8.70. The summed E-state index contributed by atoms with van der Waals surface area (Å²) in [7, 11) is 1.47. The van der Waals surface area contributed by atoms with Gasteiger partial charge in [0.1, 0.15) is 5.75 Å². The average Bonchev–Trinajstić information content (AvgIpc) is 2.27. The molecule has 1 rings (SSSR count). The van der Waals surface area contributed by atoms with Crippen molar-refractivity contribution in [2.24, 2.45) is 0 Å². The number of nitrogens with one attached hydrogen (secondary N) is 1. The van der Waals surface area contributed by atoms with E-state index in [-0.39, 0.29) is 22.7 Å². The average molecular weight is 207 g/mol. The fourth-order valence-electron chi connectivity index (χ4n) is 1.28. The number of para-hydroxylation sites is 1. The lowest BCUT2D eigenvalue weighted by molar-refractivity contribution is 0.0960. The monoisotopic (exact) mass is 207 g/mol. The van der Waals surface area contributed by atoms with Gasteiger partial charge in [0.25, 0.3) is 5.91 Å². The summed E-state index contributed by atoms with van der Waals surface area (Å²) in [5, 5.41) is 12.1. The predicted octanol–water partition coefficient (Wildman–Crippen LogP) is 1.34. The number of carbonyl (C=O) groups excluding carboxylic acids is 2. The van der Waals surface area contributed by atoms with Gasteiger partial charge in [0, 0.05) is 13.5 Å². The molecular weight excluding hydrogens is 194 g/mol. The maximum absolute atomic E-state index is 11.4. The lowest BCUT2D eigenvalue weighted by atomic mass is 10.0. The van der Waals surface area contributed by atoms with Crippen LogP contribution in [0.25, 0.3) is 0 Å². The Morgan fingerprint density at radius 3 is 2.47 bits per heavy atom. The third kappa shape index (κ3) is 2.15. The summed E-state index contributed by atoms with van der Waals surface area (Å²) < 4.78 is 0. The molecule has 4 heteroatoms. The van der Waals surface area contributed by atoms with Gasteiger partial charge in [0.2, 0.25) is 0 Å². The van der Waals surface area contributed by atoms with Crippen LogP contribution in [0.2, 0.25) is 0 Å². The summed E-state index contributed by atoms with van der Waals surface area (Å²) in [6, 6.07) is 4.56. The molecule has 80 valence electrons. The number of amides is 1. The van der Waals surface area contributed by atoms with Crippen LogP contribution < -0.4 is 5.32 Å². The van der Waals surface area contributed by atoms with Crippen LogP contribution in [-0.4, -0.2) is 23.8 Å². The van der Waals surface area contributed by atoms with Gasteiger partial charge in [-0.2, -0.15) is 0 Å². The largest absolute Gasteiger partial charge is 0.506 e. The van der Waals surface area contributed by atoms with Crippen LogP contribution in [0.3, 0.4) is 0 Å². The summed E-state index contributed by atoms with van der Waals surface area (Å²) in [4.78, 5) is 22.7. The second-order valence-corrected chi connectivity index (χ2v) is 3.06. The van der Waals surface area contributed by atoms with Crippen LogP contribution in [-0.2, 0) is 0 Å². The van der Waals surface area contributed by atoms with E-state index in [4.69, 9.17) is 0 Å². The minimum absolute atomic E-state index is 0.122. The molecule has 0 aliphatic carbocycles. The second-order valence-electron chi connectivity index (χ2n) is 3.06. The van der Waals surface area contributed by atoms with E-state index < -0.39 is 5.91 Å². The molecule has 0 saturated carbocycles. The molecule has 0 aliphatic rings. The van der Waals surface area contributed by atoms with Crippen LogP contribution in [0.15, 0.2) is 18.2 Å². The molecule has 15 heavy (non-hydrogen) atoms. The predicted molar refractivity (Wildman–Crippen MR) is 56.1 cm³/mol. The van der Waals surface area contributed by atoms with Crippen molar-refractivity contribution in [3.63, 3.8) is 0 Å². The Kier molecular flexibility index (Phi) is 3.44. The summed E-state index contributed by atoms with van der Waals surface area (Å²) in [6.45, 7) is 1.70. The highest BCUT2D eigenvalue weighted by molar-refractivity contribution is 6.04. The first-order chi connectivity index (χ1) is 7.11. The number of benzene rings is 1. The molecule has 2 N–H and O–H groups in total. The third-order valence-electron chi connectivity index (χ3n) is 2.13. The van der Waals surface area contributed by atoms with Crippen molar-refractivity contribution in [2.75, 3.05) is 7.05 Å². The molecule has 4 nitrogen and oxygen atoms in total. The minimum Gasteiger partial charge on any atom is -0.506 e. The summed E-state index contributed by atoms with van der Waals surface area (Å²) >= 11 is 0. The van der Waals surface area contributed by atoms with Crippen molar-refractivity contribution in [1.29, 1.82) is 0 Å². The summed E-state index contributed by atoms with van der Waals surface area (Å²) in [6.07, 6.45) is 0.296. The second kappa shape index (κ2) is 4.59. The van der Waals surface area contributed by atoms with Crippen molar-refractivity contribution in [3.05, 3.63) is 29.3 Å². The molecule has 1 amide bonds. The van der Waals surface area contributed by atoms with E-state index in [1.165, 1.54) is 19.2 Å². The molecule has 0 radical (unpaired) electrons. The topological polar surface area (TPSA) is 66.4 Å². The van der Waals surface area contributed by atoms with Gasteiger partial charge in [0.15, 0.2) is 5.78 Å². The number of Topliss-reactive ketones (excluding diaryl/α,β-unsaturated/α-hetero) is 1. The number of ketones is 1. The molecule has 0 saturated heterocycles. The molecule has 0 atom stereocenters. The van der Waals surface area contributed by atoms with Crippen molar-refractivity contribution in [3.8, 4) is 5.75 Å². The van der Waals surface area contributed by atoms with Gasteiger partial charge in [-0.25, -0.2) is 0 Å². The lowest BCUT2D eigenvalue weighted by Gasteiger charge is -2.06. The van der Waals surface area contributed by atoms with Gasteiger partial charge >= 0.3 is 0 Å². The van der Waals surface area contributed by atoms with Gasteiger partial charge in [-0.3, -0.25) is 9.59 Å². The highest BCUT2D eigenvalue weighted by atomic mass is 16.3. The van der Waals surface area contributed by atoms with Gasteiger partial charge in [-0.1, -0.05) is 13.0 Å². The quantitative estimate of drug-likeness (QED) is 0.735. The van der Waals surface area contributed by atoms with Crippen molar-refractivity contribution < 1.29 is 14.7 Å². The Hall–Kier alpha value is -1.84. The normalized spacial score (nSPS) is 9.73. The smallest absolute Gasteiger partial charge is 0.254 e. The first-order valence-electron chi connectivity index (χ1n) is 4.69. The van der Waals surface area contributed by atoms with Crippen LogP contribution in [0.5, 0.6) is 5.75 Å². The van der Waals surface area contributed by atoms with E-state index in [0.29, 0.717) is 6.42 Å². The first-order valence-corrected chi connectivity index (χ1v) is 4.69. The van der Waals surface area contributed by atoms with Gasteiger partial charge in [0.05, 0.1) is 11.1 Å². The van der Waals surface area contributed by atoms with Gasteiger partial charge in [-0.15, -0.1) is 0 Å². The van der Waals surface area contributed by atoms with Gasteiger partial charge < -0.3 is 10.4 Å². The molecule has 0 bridgehead atoms. The first kappa shape index (κ1) is 11.2. The van der Waals surface area contributed by atoms with E-state index in [0.717, 1.165) is 0 Å². The number of phenolic OH excluding ortho intramolecular Hbond substituents is 1. The Morgan fingerprint density at radius 2 is 1.93 bits per heavy atom. The molecule has 0 aliphatic heterocycles. The molecule has 0 aromatic heterocycles. The Balaban J connectivity index is 3.23. The van der Waals surface area contributed by atoms with Crippen molar-refractivity contribution >= 4 is 11.7 Å². The maximum atomic E-state index is 11.4. The SMILES string of the molecule is CCC(=O)c1cccc(C(=O)NC)c1O. The molecule has 1 aromatic rings. The third-order valence-corrected chi connectivity index (χ3v) is 2.13. The standard InChI is InChI=1S/C11H13NO3/c1-3-9(13)7-5-4-6-8(10(7)14)11(15)12-2/h4-6,14H,3H2,1-2H3,(H,12,15). The molecule has 0 unspecified atom stereocenters. The van der Waals surface area contributed by atoms with Crippen LogP contribution in [0.1, 0.15) is 34.1 Å². The number of carbonyl (C=O) groups is 2. The van der Waals surface area contributed by atoms with Crippen molar-refractivity contribution in [2.45, 2.75) is 13.3 Å². The molecule has 0 heterocycles. The Labute approximate surface area is 87.9 Å². The highest BCUT2D eigenvalue weighted by Crippen LogP contribution is 2.23. The zero-order chi connectivity index (χ0) is 11.4. The van der Waals surface area contributed by atoms with E-state index >= 15 is 0 Å². The van der Waals surface area contributed by atoms with Crippen LogP contribution in [0.4, 0.5) is 0 Å². The summed E-state index contributed by atoms with van der Waals surface area (Å²) in [5.41, 5.74) is 0.315. The van der Waals surface area contributed by atoms with Crippen molar-refractivity contribution in [1.82, 2.24) is 5.32 Å². The minimum atomic E-state index is -0.404. The van der Waals surface area contributed by atoms with E-state index in [1.807, 2.05) is 0 Å². The molecule has 1 aromatic carbocycles. The molecule has 0 fully saturated rings. The van der Waals surface area contributed by atoms with E-state index in [9.17, 15) is 14.7 Å². The molecular formula is C11H13NO3.